The summed E-state index contributed by atoms with van der Waals surface area (Å²) in [6, 6.07) is 24.3. The summed E-state index contributed by atoms with van der Waals surface area (Å²) in [5.74, 6) is -0.712. The highest BCUT2D eigenvalue weighted by Crippen LogP contribution is 2.29. The number of amides is 1. The number of esters is 1. The molecule has 0 aliphatic heterocycles. The van der Waals surface area contributed by atoms with Crippen LogP contribution in [0.2, 0.25) is 10.0 Å². The SMILES string of the molecule is O=C(N/N=C/c1c(OC(=O)c2ccc(Cl)cc2Cl)ccc2ccccc12)c1ccccc1. The number of benzene rings is 4. The molecule has 0 aromatic heterocycles. The van der Waals surface area contributed by atoms with Gasteiger partial charge in [0.1, 0.15) is 5.75 Å². The van der Waals surface area contributed by atoms with Gasteiger partial charge in [-0.15, -0.1) is 0 Å². The molecule has 0 heterocycles. The van der Waals surface area contributed by atoms with Crippen molar-refractivity contribution >= 4 is 52.1 Å². The summed E-state index contributed by atoms with van der Waals surface area (Å²) in [6.07, 6.45) is 1.45. The summed E-state index contributed by atoms with van der Waals surface area (Å²) in [6.45, 7) is 0. The lowest BCUT2D eigenvalue weighted by Crippen LogP contribution is -2.17. The van der Waals surface area contributed by atoms with Gasteiger partial charge in [0.15, 0.2) is 0 Å². The van der Waals surface area contributed by atoms with E-state index in [2.05, 4.69) is 10.5 Å². The van der Waals surface area contributed by atoms with E-state index in [0.717, 1.165) is 10.8 Å². The minimum absolute atomic E-state index is 0.185. The lowest BCUT2D eigenvalue weighted by atomic mass is 10.0. The van der Waals surface area contributed by atoms with Crippen molar-refractivity contribution in [1.82, 2.24) is 5.43 Å². The van der Waals surface area contributed by atoms with E-state index < -0.39 is 5.97 Å². The zero-order valence-electron chi connectivity index (χ0n) is 16.6. The second-order valence-electron chi connectivity index (χ2n) is 6.78. The van der Waals surface area contributed by atoms with Gasteiger partial charge in [0.2, 0.25) is 0 Å². The Labute approximate surface area is 194 Å². The van der Waals surface area contributed by atoms with Crippen LogP contribution in [0.5, 0.6) is 5.75 Å². The standard InChI is InChI=1S/C25H16Cl2N2O3/c26-18-11-12-20(22(27)14-18)25(31)32-23-13-10-16-6-4-5-9-19(16)21(23)15-28-29-24(30)17-7-2-1-3-8-17/h1-15H,(H,29,30)/b28-15+. The fraction of sp³-hybridized carbons (Fsp3) is 0. The van der Waals surface area contributed by atoms with Crippen molar-refractivity contribution in [2.75, 3.05) is 0 Å². The Morgan fingerprint density at radius 3 is 2.41 bits per heavy atom. The van der Waals surface area contributed by atoms with Gasteiger partial charge in [0.05, 0.1) is 16.8 Å². The van der Waals surface area contributed by atoms with E-state index in [1.165, 1.54) is 18.3 Å². The molecule has 4 aromatic carbocycles. The summed E-state index contributed by atoms with van der Waals surface area (Å²) in [7, 11) is 0. The van der Waals surface area contributed by atoms with E-state index in [1.54, 1.807) is 36.4 Å². The second kappa shape index (κ2) is 9.64. The van der Waals surface area contributed by atoms with E-state index in [4.69, 9.17) is 27.9 Å². The molecule has 0 saturated carbocycles. The van der Waals surface area contributed by atoms with Crippen molar-refractivity contribution in [3.63, 3.8) is 0 Å². The van der Waals surface area contributed by atoms with Crippen molar-refractivity contribution in [3.8, 4) is 5.75 Å². The zero-order chi connectivity index (χ0) is 22.5. The highest BCUT2D eigenvalue weighted by Gasteiger charge is 2.16. The summed E-state index contributed by atoms with van der Waals surface area (Å²) in [5, 5.41) is 6.41. The number of carbonyl (C=O) groups excluding carboxylic acids is 2. The normalized spacial score (nSPS) is 10.9. The molecule has 1 amide bonds. The van der Waals surface area contributed by atoms with Gasteiger partial charge >= 0.3 is 5.97 Å². The first-order valence-electron chi connectivity index (χ1n) is 9.60. The Balaban J connectivity index is 1.65. The van der Waals surface area contributed by atoms with Crippen molar-refractivity contribution in [1.29, 1.82) is 0 Å². The molecule has 1 N–H and O–H groups in total. The predicted octanol–water partition coefficient (Wildman–Crippen LogP) is 6.13. The molecule has 0 aliphatic carbocycles. The molecule has 0 aliphatic rings. The van der Waals surface area contributed by atoms with Crippen LogP contribution >= 0.6 is 23.2 Å². The Bertz CT molecular complexity index is 1340. The third kappa shape index (κ3) is 4.80. The summed E-state index contributed by atoms with van der Waals surface area (Å²) >= 11 is 12.1. The van der Waals surface area contributed by atoms with Crippen molar-refractivity contribution < 1.29 is 14.3 Å². The van der Waals surface area contributed by atoms with E-state index in [9.17, 15) is 9.59 Å². The quantitative estimate of drug-likeness (QED) is 0.168. The van der Waals surface area contributed by atoms with Gasteiger partial charge in [0.25, 0.3) is 5.91 Å². The van der Waals surface area contributed by atoms with Crippen LogP contribution in [0.25, 0.3) is 10.8 Å². The molecule has 5 nitrogen and oxygen atoms in total. The monoisotopic (exact) mass is 462 g/mol. The molecule has 0 fully saturated rings. The number of nitrogens with one attached hydrogen (secondary N) is 1. The van der Waals surface area contributed by atoms with Gasteiger partial charge in [-0.05, 0) is 47.2 Å². The second-order valence-corrected chi connectivity index (χ2v) is 7.62. The first-order chi connectivity index (χ1) is 15.5. The van der Waals surface area contributed by atoms with Gasteiger partial charge in [0, 0.05) is 16.1 Å². The van der Waals surface area contributed by atoms with E-state index >= 15 is 0 Å². The lowest BCUT2D eigenvalue weighted by molar-refractivity contribution is 0.0734. The predicted molar refractivity (Wildman–Crippen MR) is 127 cm³/mol. The van der Waals surface area contributed by atoms with Crippen LogP contribution in [-0.2, 0) is 0 Å². The molecule has 32 heavy (non-hydrogen) atoms. The minimum Gasteiger partial charge on any atom is -0.422 e. The fourth-order valence-corrected chi connectivity index (χ4v) is 3.60. The zero-order valence-corrected chi connectivity index (χ0v) is 18.1. The molecule has 7 heteroatoms. The molecule has 0 atom stereocenters. The molecule has 0 spiro atoms. The van der Waals surface area contributed by atoms with E-state index in [1.807, 2.05) is 36.4 Å². The van der Waals surface area contributed by atoms with Crippen LogP contribution in [0.4, 0.5) is 0 Å². The van der Waals surface area contributed by atoms with Crippen molar-refractivity contribution in [3.05, 3.63) is 112 Å². The smallest absolute Gasteiger partial charge is 0.345 e. The molecule has 158 valence electrons. The highest BCUT2D eigenvalue weighted by molar-refractivity contribution is 6.36. The highest BCUT2D eigenvalue weighted by atomic mass is 35.5. The molecule has 4 aromatic rings. The molecule has 0 saturated heterocycles. The number of halogens is 2. The maximum atomic E-state index is 12.7. The van der Waals surface area contributed by atoms with Crippen LogP contribution in [0.3, 0.4) is 0 Å². The maximum Gasteiger partial charge on any atom is 0.345 e. The molecular formula is C25H16Cl2N2O3. The molecular weight excluding hydrogens is 447 g/mol. The van der Waals surface area contributed by atoms with Gasteiger partial charge in [-0.2, -0.15) is 5.10 Å². The van der Waals surface area contributed by atoms with Gasteiger partial charge < -0.3 is 4.74 Å². The third-order valence-corrected chi connectivity index (χ3v) is 5.23. The number of ether oxygens (including phenoxy) is 1. The molecule has 0 unspecified atom stereocenters. The first-order valence-corrected chi connectivity index (χ1v) is 10.4. The molecule has 0 radical (unpaired) electrons. The Hall–Kier alpha value is -3.67. The maximum absolute atomic E-state index is 12.7. The summed E-state index contributed by atoms with van der Waals surface area (Å²) in [4.78, 5) is 25.0. The number of hydrogen-bond donors (Lipinski definition) is 1. The average Bonchev–Trinajstić information content (AvgIpc) is 2.80. The fourth-order valence-electron chi connectivity index (χ4n) is 3.12. The van der Waals surface area contributed by atoms with E-state index in [-0.39, 0.29) is 22.2 Å². The van der Waals surface area contributed by atoms with Gasteiger partial charge in [-0.3, -0.25) is 4.79 Å². The Kier molecular flexibility index (Phi) is 6.50. The average molecular weight is 463 g/mol. The van der Waals surface area contributed by atoms with Crippen LogP contribution < -0.4 is 10.2 Å². The van der Waals surface area contributed by atoms with Gasteiger partial charge in [-0.1, -0.05) is 71.7 Å². The third-order valence-electron chi connectivity index (χ3n) is 4.68. The van der Waals surface area contributed by atoms with Crippen LogP contribution in [0.15, 0.2) is 90.0 Å². The van der Waals surface area contributed by atoms with Crippen molar-refractivity contribution in [2.45, 2.75) is 0 Å². The minimum atomic E-state index is -0.634. The van der Waals surface area contributed by atoms with E-state index in [0.29, 0.717) is 16.1 Å². The summed E-state index contributed by atoms with van der Waals surface area (Å²) < 4.78 is 5.63. The van der Waals surface area contributed by atoms with Crippen LogP contribution in [0, 0.1) is 0 Å². The number of rotatable bonds is 5. The molecule has 0 bridgehead atoms. The van der Waals surface area contributed by atoms with Crippen LogP contribution in [0.1, 0.15) is 26.3 Å². The van der Waals surface area contributed by atoms with Crippen molar-refractivity contribution in [2.24, 2.45) is 5.10 Å². The van der Waals surface area contributed by atoms with Gasteiger partial charge in [-0.25, -0.2) is 10.2 Å². The lowest BCUT2D eigenvalue weighted by Gasteiger charge is -2.11. The number of hydrazone groups is 1. The largest absolute Gasteiger partial charge is 0.422 e. The first kappa shape index (κ1) is 21.6. The Morgan fingerprint density at radius 1 is 0.875 bits per heavy atom. The number of carbonyl (C=O) groups is 2. The van der Waals surface area contributed by atoms with Crippen LogP contribution in [-0.4, -0.2) is 18.1 Å². The topological polar surface area (TPSA) is 67.8 Å². The number of hydrogen-bond acceptors (Lipinski definition) is 4. The molecule has 4 rings (SSSR count). The Morgan fingerprint density at radius 2 is 1.62 bits per heavy atom. The summed E-state index contributed by atoms with van der Waals surface area (Å²) in [5.41, 5.74) is 3.69. The number of nitrogens with zero attached hydrogens (tertiary/aromatic N) is 1. The number of fused-ring (bicyclic) bond motifs is 1.